The molecule has 2 bridgehead atoms. The van der Waals surface area contributed by atoms with Crippen LogP contribution in [0.1, 0.15) is 78.4 Å². The van der Waals surface area contributed by atoms with Crippen molar-refractivity contribution >= 4 is 23.9 Å². The maximum Gasteiger partial charge on any atom is 0.327 e. The number of ether oxygens (including phenoxy) is 4. The lowest BCUT2D eigenvalue weighted by atomic mass is 9.62. The molecular formula is C41H47N3O9. The molecule has 280 valence electrons. The average Bonchev–Trinajstić information content (AvgIpc) is 4.07. The van der Waals surface area contributed by atoms with Gasteiger partial charge in [-0.25, -0.2) is 0 Å². The van der Waals surface area contributed by atoms with Crippen LogP contribution in [0.15, 0.2) is 54.6 Å². The van der Waals surface area contributed by atoms with Gasteiger partial charge in [0.1, 0.15) is 29.8 Å². The second-order valence-electron chi connectivity index (χ2n) is 16.4. The molecule has 4 aliphatic heterocycles. The molecule has 4 saturated heterocycles. The molecule has 0 aromatic heterocycles. The largest absolute Gasteiger partial charge is 0.458 e. The van der Waals surface area contributed by atoms with Crippen molar-refractivity contribution in [2.24, 2.45) is 23.2 Å². The van der Waals surface area contributed by atoms with Crippen LogP contribution < -0.4 is 10.6 Å². The summed E-state index contributed by atoms with van der Waals surface area (Å²) in [5.41, 5.74) is 1.92. The molecule has 2 amide bonds. The van der Waals surface area contributed by atoms with E-state index in [-0.39, 0.29) is 44.5 Å². The van der Waals surface area contributed by atoms with Crippen molar-refractivity contribution in [2.75, 3.05) is 13.2 Å². The fourth-order valence-corrected chi connectivity index (χ4v) is 9.88. The molecule has 12 nitrogen and oxygen atoms in total. The second kappa shape index (κ2) is 13.0. The minimum absolute atomic E-state index is 0.143. The molecule has 2 aromatic carbocycles. The number of hydrogen-bond acceptors (Lipinski definition) is 10. The highest BCUT2D eigenvalue weighted by atomic mass is 16.8. The molecule has 3 unspecified atom stereocenters. The van der Waals surface area contributed by atoms with Crippen LogP contribution in [0.5, 0.6) is 0 Å². The van der Waals surface area contributed by atoms with Crippen LogP contribution in [0.2, 0.25) is 0 Å². The Hall–Kier alpha value is -3.65. The summed E-state index contributed by atoms with van der Waals surface area (Å²) < 4.78 is 25.7. The standard InChI is InChI=1S/C41H47N3O9/c45-17-16-42-37(46)27-3-1-2-26(18-27)21-43-39(48)40-20-32-33-34(52-41(51-33,28-11-12-28)29-13-14-29)36(40)53-44(35(40)38(47)50-32)22-25-8-5-23(6-9-25)4-7-24-10-15-30-31(19-24)49-30/h1-9,18,24,28-36,45H,10-17,19-22H2,(H,42,46)(H,43,48)/t24?,30?,31?,32-,33+,34+,35+,36-,40+/m1/s1. The minimum atomic E-state index is -1.28. The Morgan fingerprint density at radius 2 is 1.70 bits per heavy atom. The van der Waals surface area contributed by atoms with Gasteiger partial charge in [0, 0.05) is 36.9 Å². The van der Waals surface area contributed by atoms with Crippen molar-refractivity contribution in [1.29, 1.82) is 0 Å². The lowest BCUT2D eigenvalue weighted by molar-refractivity contribution is -0.235. The number of aliphatic hydroxyl groups excluding tert-OH is 1. The number of hydrogen-bond donors (Lipinski definition) is 3. The molecule has 4 aliphatic carbocycles. The van der Waals surface area contributed by atoms with E-state index in [0.29, 0.717) is 35.5 Å². The summed E-state index contributed by atoms with van der Waals surface area (Å²) in [6.45, 7) is 0.411. The summed E-state index contributed by atoms with van der Waals surface area (Å²) >= 11 is 0. The number of amides is 2. The van der Waals surface area contributed by atoms with Gasteiger partial charge in [-0.05, 0) is 79.7 Å². The highest BCUT2D eigenvalue weighted by molar-refractivity contribution is 5.95. The van der Waals surface area contributed by atoms with E-state index in [1.54, 1.807) is 23.3 Å². The molecule has 53 heavy (non-hydrogen) atoms. The van der Waals surface area contributed by atoms with Gasteiger partial charge in [0.25, 0.3) is 5.91 Å². The molecule has 12 heteroatoms. The maximum atomic E-state index is 14.7. The Labute approximate surface area is 308 Å². The highest BCUT2D eigenvalue weighted by Crippen LogP contribution is 2.63. The van der Waals surface area contributed by atoms with Crippen LogP contribution in [0.4, 0.5) is 0 Å². The van der Waals surface area contributed by atoms with Crippen molar-refractivity contribution < 1.29 is 43.3 Å². The van der Waals surface area contributed by atoms with Crippen molar-refractivity contribution in [1.82, 2.24) is 15.7 Å². The summed E-state index contributed by atoms with van der Waals surface area (Å²) in [7, 11) is 0. The zero-order valence-electron chi connectivity index (χ0n) is 29.7. The second-order valence-corrected chi connectivity index (χ2v) is 16.4. The van der Waals surface area contributed by atoms with E-state index >= 15 is 0 Å². The number of carbonyl (C=O) groups is 3. The van der Waals surface area contributed by atoms with E-state index in [4.69, 9.17) is 28.9 Å². The summed E-state index contributed by atoms with van der Waals surface area (Å²) in [6, 6.07) is 14.3. The average molecular weight is 726 g/mol. The number of aliphatic hydroxyl groups is 1. The van der Waals surface area contributed by atoms with Gasteiger partial charge in [-0.3, -0.25) is 19.2 Å². The number of hydroxylamine groups is 2. The molecule has 8 aliphatic rings. The molecule has 4 heterocycles. The smallest absolute Gasteiger partial charge is 0.327 e. The van der Waals surface area contributed by atoms with Crippen LogP contribution in [0, 0.1) is 23.2 Å². The number of nitrogens with zero attached hydrogens (tertiary/aromatic N) is 1. The third-order valence-electron chi connectivity index (χ3n) is 12.9. The molecule has 0 spiro atoms. The van der Waals surface area contributed by atoms with E-state index in [2.05, 4.69) is 34.9 Å². The van der Waals surface area contributed by atoms with Gasteiger partial charge in [-0.15, -0.1) is 0 Å². The van der Waals surface area contributed by atoms with E-state index < -0.39 is 47.6 Å². The van der Waals surface area contributed by atoms with Gasteiger partial charge in [-0.2, -0.15) is 5.06 Å². The lowest BCUT2D eigenvalue weighted by Gasteiger charge is -2.48. The number of benzene rings is 2. The Morgan fingerprint density at radius 1 is 0.906 bits per heavy atom. The summed E-state index contributed by atoms with van der Waals surface area (Å²) in [5.74, 6) is -0.719. The van der Waals surface area contributed by atoms with E-state index in [0.717, 1.165) is 61.6 Å². The van der Waals surface area contributed by atoms with Crippen molar-refractivity contribution in [2.45, 2.75) is 113 Å². The minimum Gasteiger partial charge on any atom is -0.458 e. The van der Waals surface area contributed by atoms with Crippen molar-refractivity contribution in [3.05, 3.63) is 76.9 Å². The highest BCUT2D eigenvalue weighted by Gasteiger charge is 2.78. The molecule has 10 rings (SSSR count). The number of fused-ring (bicyclic) bond motifs is 5. The van der Waals surface area contributed by atoms with Crippen LogP contribution >= 0.6 is 0 Å². The van der Waals surface area contributed by atoms with E-state index in [1.807, 2.05) is 18.2 Å². The van der Waals surface area contributed by atoms with Crippen LogP contribution in [0.25, 0.3) is 6.08 Å². The Morgan fingerprint density at radius 3 is 2.45 bits per heavy atom. The first-order valence-corrected chi connectivity index (χ1v) is 19.5. The monoisotopic (exact) mass is 725 g/mol. The van der Waals surface area contributed by atoms with Crippen LogP contribution in [0.3, 0.4) is 0 Å². The molecule has 4 saturated carbocycles. The Kier molecular flexibility index (Phi) is 8.31. The van der Waals surface area contributed by atoms with Gasteiger partial charge in [-0.1, -0.05) is 48.6 Å². The normalized spacial score (nSPS) is 36.4. The number of carbonyl (C=O) groups excluding carboxylic acids is 3. The van der Waals surface area contributed by atoms with Gasteiger partial charge < -0.3 is 34.7 Å². The first-order valence-electron chi connectivity index (χ1n) is 19.5. The fraction of sp³-hybridized carbons (Fsp3) is 0.585. The number of epoxide rings is 1. The number of esters is 1. The van der Waals surface area contributed by atoms with Crippen molar-refractivity contribution in [3.63, 3.8) is 0 Å². The summed E-state index contributed by atoms with van der Waals surface area (Å²) in [5, 5.41) is 16.5. The van der Waals surface area contributed by atoms with Gasteiger partial charge in [0.2, 0.25) is 5.91 Å². The van der Waals surface area contributed by atoms with Crippen molar-refractivity contribution in [3.8, 4) is 0 Å². The lowest BCUT2D eigenvalue weighted by Crippen LogP contribution is -2.69. The molecular weight excluding hydrogens is 678 g/mol. The summed E-state index contributed by atoms with van der Waals surface area (Å²) in [6.07, 6.45) is 10.7. The summed E-state index contributed by atoms with van der Waals surface area (Å²) in [4.78, 5) is 48.2. The number of allylic oxidation sites excluding steroid dienone is 1. The van der Waals surface area contributed by atoms with Gasteiger partial charge >= 0.3 is 5.97 Å². The zero-order valence-corrected chi connectivity index (χ0v) is 29.7. The number of nitrogens with one attached hydrogen (secondary N) is 2. The molecule has 0 radical (unpaired) electrons. The third-order valence-corrected chi connectivity index (χ3v) is 12.9. The first-order chi connectivity index (χ1) is 25.8. The molecule has 9 atom stereocenters. The molecule has 2 aromatic rings. The zero-order chi connectivity index (χ0) is 35.9. The quantitative estimate of drug-likeness (QED) is 0.220. The predicted molar refractivity (Wildman–Crippen MR) is 188 cm³/mol. The van der Waals surface area contributed by atoms with Gasteiger partial charge in [0.05, 0.1) is 25.4 Å². The molecule has 3 N–H and O–H groups in total. The Balaban J connectivity index is 0.915. The fourth-order valence-electron chi connectivity index (χ4n) is 9.88. The Bertz CT molecular complexity index is 1800. The van der Waals surface area contributed by atoms with E-state index in [9.17, 15) is 14.4 Å². The first kappa shape index (κ1) is 33.9. The van der Waals surface area contributed by atoms with Crippen LogP contribution in [-0.4, -0.2) is 89.6 Å². The molecule has 8 fully saturated rings. The third kappa shape index (κ3) is 5.93. The topological polar surface area (TPSA) is 148 Å². The SMILES string of the molecule is O=C(NCCO)c1cccc(CNC(=O)[C@@]23C[C@H]4OC(=O)[C@@H]2N(Cc2ccc(C=CC5CCC6OC6C5)cc2)O[C@@H]3[C@H]2OC(C3CC3)(C3CC3)O[C@H]24)c1. The predicted octanol–water partition coefficient (Wildman–Crippen LogP) is 3.41. The van der Waals surface area contributed by atoms with Crippen LogP contribution in [-0.2, 0) is 46.5 Å². The van der Waals surface area contributed by atoms with Gasteiger partial charge in [0.15, 0.2) is 11.8 Å². The maximum absolute atomic E-state index is 14.7. The number of rotatable bonds is 12. The van der Waals surface area contributed by atoms with E-state index in [1.165, 1.54) is 0 Å².